The summed E-state index contributed by atoms with van der Waals surface area (Å²) in [5.74, 6) is 1.43. The molecular formula is C14H29N3O. The zero-order valence-corrected chi connectivity index (χ0v) is 12.1. The van der Waals surface area contributed by atoms with Crippen LogP contribution in [0.25, 0.3) is 0 Å². The van der Waals surface area contributed by atoms with Crippen LogP contribution in [-0.2, 0) is 4.79 Å². The molecule has 3 N–H and O–H groups in total. The molecule has 3 atom stereocenters. The van der Waals surface area contributed by atoms with Gasteiger partial charge in [0.2, 0.25) is 5.91 Å². The second-order valence-corrected chi connectivity index (χ2v) is 5.75. The highest BCUT2D eigenvalue weighted by Gasteiger charge is 2.31. The predicted molar refractivity (Wildman–Crippen MR) is 75.3 cm³/mol. The van der Waals surface area contributed by atoms with Gasteiger partial charge in [-0.2, -0.15) is 0 Å². The van der Waals surface area contributed by atoms with Crippen molar-refractivity contribution in [2.75, 3.05) is 26.7 Å². The normalized spacial score (nSPS) is 28.4. The number of hydrogen-bond donors (Lipinski definition) is 2. The number of rotatable bonds is 6. The van der Waals surface area contributed by atoms with Crippen molar-refractivity contribution in [3.63, 3.8) is 0 Å². The second kappa shape index (κ2) is 7.74. The number of hydrogen-bond acceptors (Lipinski definition) is 3. The zero-order chi connectivity index (χ0) is 13.5. The molecule has 1 saturated carbocycles. The zero-order valence-electron chi connectivity index (χ0n) is 12.1. The van der Waals surface area contributed by atoms with Crippen LogP contribution in [0.3, 0.4) is 0 Å². The van der Waals surface area contributed by atoms with E-state index in [1.165, 1.54) is 19.3 Å². The minimum atomic E-state index is 0.133. The molecule has 1 rings (SSSR count). The third-order valence-electron chi connectivity index (χ3n) is 4.05. The highest BCUT2D eigenvalue weighted by molar-refractivity contribution is 5.77. The third kappa shape index (κ3) is 4.58. The van der Waals surface area contributed by atoms with Crippen LogP contribution in [0, 0.1) is 11.8 Å². The number of carbonyl (C=O) groups is 1. The fourth-order valence-corrected chi connectivity index (χ4v) is 2.89. The lowest BCUT2D eigenvalue weighted by atomic mass is 9.78. The number of nitrogens with one attached hydrogen (secondary N) is 1. The Hall–Kier alpha value is -0.610. The van der Waals surface area contributed by atoms with E-state index >= 15 is 0 Å². The topological polar surface area (TPSA) is 58.4 Å². The molecule has 4 heteroatoms. The van der Waals surface area contributed by atoms with Crippen LogP contribution in [-0.4, -0.2) is 43.5 Å². The fraction of sp³-hybridized carbons (Fsp3) is 0.929. The molecule has 0 aromatic rings. The Balaban J connectivity index is 2.46. The first kappa shape index (κ1) is 15.4. The van der Waals surface area contributed by atoms with E-state index in [0.29, 0.717) is 18.5 Å². The van der Waals surface area contributed by atoms with E-state index in [0.717, 1.165) is 25.4 Å². The molecule has 3 unspecified atom stereocenters. The number of nitrogens with zero attached hydrogens (tertiary/aromatic N) is 1. The smallest absolute Gasteiger partial charge is 0.234 e. The van der Waals surface area contributed by atoms with Gasteiger partial charge >= 0.3 is 0 Å². The molecule has 18 heavy (non-hydrogen) atoms. The summed E-state index contributed by atoms with van der Waals surface area (Å²) < 4.78 is 0. The van der Waals surface area contributed by atoms with Gasteiger partial charge in [0.15, 0.2) is 0 Å². The molecule has 106 valence electrons. The summed E-state index contributed by atoms with van der Waals surface area (Å²) in [6, 6.07) is 0.464. The first-order chi connectivity index (χ1) is 8.58. The standard InChI is InChI=1S/C14H29N3O/c1-4-7-16-14(18)10-17(3)13-8-11(2)5-6-12(13)9-15/h11-13H,4-10,15H2,1-3H3,(H,16,18). The van der Waals surface area contributed by atoms with E-state index in [1.807, 2.05) is 0 Å². The molecule has 1 aliphatic carbocycles. The van der Waals surface area contributed by atoms with Gasteiger partial charge in [0.25, 0.3) is 0 Å². The van der Waals surface area contributed by atoms with E-state index in [-0.39, 0.29) is 5.91 Å². The Bertz CT molecular complexity index is 257. The lowest BCUT2D eigenvalue weighted by molar-refractivity contribution is -0.122. The van der Waals surface area contributed by atoms with Crippen LogP contribution >= 0.6 is 0 Å². The first-order valence-electron chi connectivity index (χ1n) is 7.25. The van der Waals surface area contributed by atoms with Gasteiger partial charge in [0.05, 0.1) is 6.54 Å². The molecule has 1 fully saturated rings. The van der Waals surface area contributed by atoms with Gasteiger partial charge in [-0.05, 0) is 44.7 Å². The Labute approximate surface area is 111 Å². The molecule has 0 radical (unpaired) electrons. The summed E-state index contributed by atoms with van der Waals surface area (Å²) in [5.41, 5.74) is 5.86. The Kier molecular flexibility index (Phi) is 6.65. The van der Waals surface area contributed by atoms with Gasteiger partial charge in [-0.25, -0.2) is 0 Å². The first-order valence-corrected chi connectivity index (χ1v) is 7.25. The maximum absolute atomic E-state index is 11.7. The van der Waals surface area contributed by atoms with Gasteiger partial charge in [0.1, 0.15) is 0 Å². The predicted octanol–water partition coefficient (Wildman–Crippen LogP) is 1.21. The summed E-state index contributed by atoms with van der Waals surface area (Å²) in [7, 11) is 2.05. The summed E-state index contributed by atoms with van der Waals surface area (Å²) in [4.78, 5) is 13.9. The lowest BCUT2D eigenvalue weighted by Gasteiger charge is -2.39. The van der Waals surface area contributed by atoms with E-state index in [4.69, 9.17) is 5.73 Å². The SMILES string of the molecule is CCCNC(=O)CN(C)C1CC(C)CCC1CN. The largest absolute Gasteiger partial charge is 0.355 e. The van der Waals surface area contributed by atoms with Crippen LogP contribution in [0.15, 0.2) is 0 Å². The van der Waals surface area contributed by atoms with Crippen molar-refractivity contribution in [1.82, 2.24) is 10.2 Å². The second-order valence-electron chi connectivity index (χ2n) is 5.75. The van der Waals surface area contributed by atoms with E-state index < -0.39 is 0 Å². The highest BCUT2D eigenvalue weighted by atomic mass is 16.2. The number of amides is 1. The highest BCUT2D eigenvalue weighted by Crippen LogP contribution is 2.30. The lowest BCUT2D eigenvalue weighted by Crippen LogP contribution is -2.48. The molecule has 0 aromatic carbocycles. The molecule has 0 heterocycles. The molecule has 1 aliphatic rings. The minimum absolute atomic E-state index is 0.133. The number of carbonyl (C=O) groups excluding carboxylic acids is 1. The van der Waals surface area contributed by atoms with E-state index in [2.05, 4.69) is 31.1 Å². The van der Waals surface area contributed by atoms with Gasteiger partial charge in [-0.1, -0.05) is 20.3 Å². The molecule has 0 bridgehead atoms. The molecule has 0 aliphatic heterocycles. The summed E-state index contributed by atoms with van der Waals surface area (Å²) >= 11 is 0. The average molecular weight is 255 g/mol. The Morgan fingerprint density at radius 2 is 2.17 bits per heavy atom. The van der Waals surface area contributed by atoms with Gasteiger partial charge in [-0.15, -0.1) is 0 Å². The van der Waals surface area contributed by atoms with Gasteiger partial charge in [-0.3, -0.25) is 9.69 Å². The summed E-state index contributed by atoms with van der Waals surface area (Å²) in [6.07, 6.45) is 4.62. The average Bonchev–Trinajstić information content (AvgIpc) is 2.36. The third-order valence-corrected chi connectivity index (χ3v) is 4.05. The molecule has 1 amide bonds. The minimum Gasteiger partial charge on any atom is -0.355 e. The fourth-order valence-electron chi connectivity index (χ4n) is 2.89. The maximum atomic E-state index is 11.7. The van der Waals surface area contributed by atoms with Crippen molar-refractivity contribution in [3.05, 3.63) is 0 Å². The van der Waals surface area contributed by atoms with Gasteiger partial charge in [0, 0.05) is 12.6 Å². The molecule has 0 spiro atoms. The van der Waals surface area contributed by atoms with E-state index in [1.54, 1.807) is 0 Å². The van der Waals surface area contributed by atoms with Crippen molar-refractivity contribution in [3.8, 4) is 0 Å². The Morgan fingerprint density at radius 1 is 1.44 bits per heavy atom. The molecular weight excluding hydrogens is 226 g/mol. The molecule has 0 saturated heterocycles. The van der Waals surface area contributed by atoms with Crippen LogP contribution in [0.1, 0.15) is 39.5 Å². The number of likely N-dealkylation sites (N-methyl/N-ethyl adjacent to an activating group) is 1. The quantitative estimate of drug-likeness (QED) is 0.750. The van der Waals surface area contributed by atoms with E-state index in [9.17, 15) is 4.79 Å². The van der Waals surface area contributed by atoms with Crippen molar-refractivity contribution in [2.24, 2.45) is 17.6 Å². The van der Waals surface area contributed by atoms with Crippen molar-refractivity contribution in [1.29, 1.82) is 0 Å². The monoisotopic (exact) mass is 255 g/mol. The Morgan fingerprint density at radius 3 is 2.78 bits per heavy atom. The number of nitrogens with two attached hydrogens (primary N) is 1. The summed E-state index contributed by atoms with van der Waals surface area (Å²) in [5, 5.41) is 2.93. The van der Waals surface area contributed by atoms with Crippen LogP contribution in [0.5, 0.6) is 0 Å². The van der Waals surface area contributed by atoms with Crippen LogP contribution < -0.4 is 11.1 Å². The van der Waals surface area contributed by atoms with Crippen LogP contribution in [0.4, 0.5) is 0 Å². The van der Waals surface area contributed by atoms with Crippen LogP contribution in [0.2, 0.25) is 0 Å². The van der Waals surface area contributed by atoms with Crippen molar-refractivity contribution >= 4 is 5.91 Å². The summed E-state index contributed by atoms with van der Waals surface area (Å²) in [6.45, 7) is 6.36. The maximum Gasteiger partial charge on any atom is 0.234 e. The molecule has 0 aromatic heterocycles. The van der Waals surface area contributed by atoms with Crippen molar-refractivity contribution < 1.29 is 4.79 Å². The van der Waals surface area contributed by atoms with Crippen molar-refractivity contribution in [2.45, 2.75) is 45.6 Å². The molecule has 4 nitrogen and oxygen atoms in total. The van der Waals surface area contributed by atoms with Gasteiger partial charge < -0.3 is 11.1 Å².